The van der Waals surface area contributed by atoms with Gasteiger partial charge in [0.15, 0.2) is 0 Å². The Morgan fingerprint density at radius 2 is 1.91 bits per heavy atom. The summed E-state index contributed by atoms with van der Waals surface area (Å²) in [6.07, 6.45) is 2.56. The molecule has 47 heavy (non-hydrogen) atoms. The third-order valence-corrected chi connectivity index (χ3v) is 8.50. The first-order valence-electron chi connectivity index (χ1n) is 15.9. The number of pyridine rings is 2. The maximum Gasteiger partial charge on any atom is 0.410 e. The van der Waals surface area contributed by atoms with Crippen LogP contribution in [0.15, 0.2) is 53.6 Å². The fourth-order valence-electron chi connectivity index (χ4n) is 5.37. The van der Waals surface area contributed by atoms with Crippen molar-refractivity contribution in [3.8, 4) is 17.0 Å². The molecule has 0 spiro atoms. The Bertz CT molecular complexity index is 1570. The molecule has 2 amide bonds. The SMILES string of the molecule is CC(C)COc1cc(F)cc(-c2ccc(C(=O)NSc3cccc(NCCCC4CN(C(=O)OC(C)(C)C)C(C)(C)C4)n3)c(Cl)n2)c1. The van der Waals surface area contributed by atoms with Gasteiger partial charge in [0.25, 0.3) is 5.91 Å². The first-order chi connectivity index (χ1) is 22.1. The van der Waals surface area contributed by atoms with E-state index >= 15 is 0 Å². The lowest BCUT2D eigenvalue weighted by Crippen LogP contribution is -2.45. The number of nitrogens with zero attached hydrogens (tertiary/aromatic N) is 3. The quantitative estimate of drug-likeness (QED) is 0.111. The number of aromatic nitrogens is 2. The van der Waals surface area contributed by atoms with Crippen LogP contribution in [-0.4, -0.2) is 57.7 Å². The molecule has 0 radical (unpaired) electrons. The summed E-state index contributed by atoms with van der Waals surface area (Å²) in [6, 6.07) is 13.1. The number of benzene rings is 1. The number of likely N-dealkylation sites (tertiary alicyclic amines) is 1. The Hall–Kier alpha value is -3.57. The van der Waals surface area contributed by atoms with E-state index in [0.29, 0.717) is 52.8 Å². The normalized spacial score (nSPS) is 15.9. The second-order valence-electron chi connectivity index (χ2n) is 13.9. The minimum absolute atomic E-state index is 0.00208. The third-order valence-electron chi connectivity index (χ3n) is 7.48. The topological polar surface area (TPSA) is 106 Å². The Morgan fingerprint density at radius 3 is 2.62 bits per heavy atom. The molecule has 1 atom stereocenters. The molecule has 4 rings (SSSR count). The van der Waals surface area contributed by atoms with Crippen LogP contribution < -0.4 is 14.8 Å². The predicted octanol–water partition coefficient (Wildman–Crippen LogP) is 8.64. The van der Waals surface area contributed by atoms with Crippen LogP contribution in [0.4, 0.5) is 15.0 Å². The van der Waals surface area contributed by atoms with Gasteiger partial charge in [0.1, 0.15) is 33.2 Å². The van der Waals surface area contributed by atoms with E-state index in [2.05, 4.69) is 33.9 Å². The number of halogens is 2. The van der Waals surface area contributed by atoms with Crippen molar-refractivity contribution in [2.24, 2.45) is 11.8 Å². The fraction of sp³-hybridized carbons (Fsp3) is 0.486. The van der Waals surface area contributed by atoms with Crippen LogP contribution in [0, 0.1) is 17.7 Å². The number of carbonyl (C=O) groups is 2. The van der Waals surface area contributed by atoms with Crippen molar-refractivity contribution in [3.63, 3.8) is 0 Å². The maximum atomic E-state index is 14.3. The van der Waals surface area contributed by atoms with Crippen molar-refractivity contribution in [2.45, 2.75) is 83.9 Å². The van der Waals surface area contributed by atoms with Gasteiger partial charge in [-0.05, 0) is 102 Å². The van der Waals surface area contributed by atoms with Gasteiger partial charge >= 0.3 is 6.09 Å². The highest BCUT2D eigenvalue weighted by Crippen LogP contribution is 2.36. The molecule has 2 aromatic heterocycles. The first kappa shape index (κ1) is 36.3. The number of ether oxygens (including phenoxy) is 2. The molecular weight excluding hydrogens is 641 g/mol. The monoisotopic (exact) mass is 685 g/mol. The van der Waals surface area contributed by atoms with E-state index in [1.165, 1.54) is 12.1 Å². The van der Waals surface area contributed by atoms with Gasteiger partial charge < -0.3 is 19.7 Å². The average molecular weight is 686 g/mol. The summed E-state index contributed by atoms with van der Waals surface area (Å²) in [7, 11) is 0. The van der Waals surface area contributed by atoms with E-state index in [1.54, 1.807) is 24.3 Å². The highest BCUT2D eigenvalue weighted by Gasteiger charge is 2.42. The average Bonchev–Trinajstić information content (AvgIpc) is 3.30. The summed E-state index contributed by atoms with van der Waals surface area (Å²) in [5.41, 5.74) is 0.340. The molecule has 0 aliphatic carbocycles. The highest BCUT2D eigenvalue weighted by atomic mass is 35.5. The van der Waals surface area contributed by atoms with Gasteiger partial charge in [-0.1, -0.05) is 31.5 Å². The van der Waals surface area contributed by atoms with E-state index in [9.17, 15) is 14.0 Å². The van der Waals surface area contributed by atoms with Gasteiger partial charge in [-0.15, -0.1) is 0 Å². The van der Waals surface area contributed by atoms with Gasteiger partial charge in [-0.2, -0.15) is 0 Å². The summed E-state index contributed by atoms with van der Waals surface area (Å²) in [5.74, 6) is 0.904. The van der Waals surface area contributed by atoms with Crippen LogP contribution in [0.25, 0.3) is 11.3 Å². The molecule has 0 bridgehead atoms. The summed E-state index contributed by atoms with van der Waals surface area (Å²) in [5, 5.41) is 3.96. The molecule has 1 saturated heterocycles. The van der Waals surface area contributed by atoms with Crippen molar-refractivity contribution < 1.29 is 23.5 Å². The molecule has 1 fully saturated rings. The molecule has 3 aromatic rings. The van der Waals surface area contributed by atoms with E-state index in [4.69, 9.17) is 21.1 Å². The minimum atomic E-state index is -0.521. The number of amides is 2. The number of nitrogens with one attached hydrogen (secondary N) is 2. The van der Waals surface area contributed by atoms with E-state index in [-0.39, 0.29) is 22.3 Å². The van der Waals surface area contributed by atoms with Crippen molar-refractivity contribution >= 4 is 41.4 Å². The lowest BCUT2D eigenvalue weighted by Gasteiger charge is -2.33. The Balaban J connectivity index is 1.26. The van der Waals surface area contributed by atoms with Crippen LogP contribution in [-0.2, 0) is 4.74 Å². The van der Waals surface area contributed by atoms with Gasteiger partial charge in [-0.25, -0.2) is 19.2 Å². The van der Waals surface area contributed by atoms with Crippen LogP contribution in [0.5, 0.6) is 5.75 Å². The number of carbonyl (C=O) groups excluding carboxylic acids is 2. The third kappa shape index (κ3) is 10.7. The second-order valence-corrected chi connectivity index (χ2v) is 15.0. The molecule has 1 unspecified atom stereocenters. The van der Waals surface area contributed by atoms with Crippen LogP contribution in [0.2, 0.25) is 5.15 Å². The number of hydrogen-bond donors (Lipinski definition) is 2. The number of anilines is 1. The molecule has 0 saturated carbocycles. The number of rotatable bonds is 12. The zero-order valence-corrected chi connectivity index (χ0v) is 29.7. The van der Waals surface area contributed by atoms with Crippen molar-refractivity contribution in [1.29, 1.82) is 0 Å². The van der Waals surface area contributed by atoms with Gasteiger partial charge in [0, 0.05) is 42.2 Å². The highest BCUT2D eigenvalue weighted by molar-refractivity contribution is 7.97. The predicted molar refractivity (Wildman–Crippen MR) is 185 cm³/mol. The summed E-state index contributed by atoms with van der Waals surface area (Å²) in [6.45, 7) is 15.7. The van der Waals surface area contributed by atoms with Crippen molar-refractivity contribution in [3.05, 3.63) is 65.1 Å². The van der Waals surface area contributed by atoms with Crippen LogP contribution in [0.1, 0.15) is 78.1 Å². The van der Waals surface area contributed by atoms with E-state index < -0.39 is 17.3 Å². The molecule has 9 nitrogen and oxygen atoms in total. The second kappa shape index (κ2) is 15.6. The van der Waals surface area contributed by atoms with Gasteiger partial charge in [0.05, 0.1) is 17.9 Å². The molecule has 1 aromatic carbocycles. The van der Waals surface area contributed by atoms with Crippen LogP contribution in [0.3, 0.4) is 0 Å². The van der Waals surface area contributed by atoms with Crippen molar-refractivity contribution in [1.82, 2.24) is 19.6 Å². The standard InChI is InChI=1S/C35H45ClFN5O4S/c1-22(2)21-45-26-17-24(16-25(37)18-26)28-14-13-27(31(36)39-28)32(43)41-47-30-12-8-11-29(40-30)38-15-9-10-23-19-35(6,7)42(20-23)33(44)46-34(3,4)5/h8,11-14,16-18,22-23H,9-10,15,19-21H2,1-7H3,(H,38,40)(H,41,43). The lowest BCUT2D eigenvalue weighted by atomic mass is 9.93. The molecular formula is C35H45ClFN5O4S. The van der Waals surface area contributed by atoms with E-state index in [1.807, 2.05) is 51.7 Å². The molecule has 2 N–H and O–H groups in total. The largest absolute Gasteiger partial charge is 0.493 e. The molecule has 3 heterocycles. The lowest BCUT2D eigenvalue weighted by molar-refractivity contribution is 0.0130. The Kier molecular flexibility index (Phi) is 12.0. The minimum Gasteiger partial charge on any atom is -0.493 e. The molecule has 1 aliphatic heterocycles. The zero-order valence-electron chi connectivity index (χ0n) is 28.2. The zero-order chi connectivity index (χ0) is 34.4. The van der Waals surface area contributed by atoms with Crippen LogP contribution >= 0.6 is 23.5 Å². The number of hydrogen-bond acceptors (Lipinski definition) is 8. The Morgan fingerprint density at radius 1 is 1.15 bits per heavy atom. The van der Waals surface area contributed by atoms with E-state index in [0.717, 1.165) is 37.8 Å². The fourth-order valence-corrected chi connectivity index (χ4v) is 6.21. The van der Waals surface area contributed by atoms with Crippen molar-refractivity contribution in [2.75, 3.05) is 25.0 Å². The Labute approximate surface area is 286 Å². The smallest absolute Gasteiger partial charge is 0.410 e. The van der Waals surface area contributed by atoms with Gasteiger partial charge in [0.2, 0.25) is 0 Å². The molecule has 1 aliphatic rings. The molecule has 254 valence electrons. The summed E-state index contributed by atoms with van der Waals surface area (Å²) >= 11 is 7.46. The summed E-state index contributed by atoms with van der Waals surface area (Å²) in [4.78, 5) is 36.4. The molecule has 12 heteroatoms. The summed E-state index contributed by atoms with van der Waals surface area (Å²) < 4.78 is 28.3. The maximum absolute atomic E-state index is 14.3. The van der Waals surface area contributed by atoms with Gasteiger partial charge in [-0.3, -0.25) is 9.52 Å². The first-order valence-corrected chi connectivity index (χ1v) is 17.1.